The van der Waals surface area contributed by atoms with Gasteiger partial charge in [0.1, 0.15) is 0 Å². The Balaban J connectivity index is 1.96. The quantitative estimate of drug-likeness (QED) is 0.495. The van der Waals surface area contributed by atoms with E-state index in [2.05, 4.69) is 11.8 Å². The second kappa shape index (κ2) is 2.54. The number of hydrogen-bond donors (Lipinski definition) is 0. The topological polar surface area (TPSA) is 3.24 Å². The fourth-order valence-electron chi connectivity index (χ4n) is 2.42. The molecule has 0 spiro atoms. The van der Waals surface area contributed by atoms with Gasteiger partial charge < -0.3 is 4.90 Å². The molecule has 0 amide bonds. The molecule has 2 fully saturated rings. The maximum Gasteiger partial charge on any atom is 0.00982 e. The standard InChI is InChI=1S/C9H17N/c1-8-4-6-10-5-2-3-9(10)7-8/h8-9H,2-7H2,1H3/t8-,9?/m1/s1. The summed E-state index contributed by atoms with van der Waals surface area (Å²) in [5.41, 5.74) is 0. The molecule has 0 aromatic rings. The summed E-state index contributed by atoms with van der Waals surface area (Å²) in [6.45, 7) is 5.17. The number of fused-ring (bicyclic) bond motifs is 1. The molecule has 2 heterocycles. The third-order valence-corrected chi connectivity index (χ3v) is 3.08. The van der Waals surface area contributed by atoms with Crippen molar-refractivity contribution in [3.05, 3.63) is 0 Å². The summed E-state index contributed by atoms with van der Waals surface area (Å²) in [6.07, 6.45) is 5.85. The Morgan fingerprint density at radius 2 is 2.10 bits per heavy atom. The summed E-state index contributed by atoms with van der Waals surface area (Å²) in [5, 5.41) is 0. The van der Waals surface area contributed by atoms with Crippen LogP contribution in [0.3, 0.4) is 0 Å². The van der Waals surface area contributed by atoms with E-state index in [-0.39, 0.29) is 0 Å². The number of piperidine rings is 1. The zero-order chi connectivity index (χ0) is 6.97. The molecule has 2 aliphatic heterocycles. The average Bonchev–Trinajstić information content (AvgIpc) is 2.33. The first-order valence-electron chi connectivity index (χ1n) is 4.60. The van der Waals surface area contributed by atoms with Gasteiger partial charge in [0, 0.05) is 6.04 Å². The molecule has 2 aliphatic rings. The van der Waals surface area contributed by atoms with Gasteiger partial charge in [-0.2, -0.15) is 0 Å². The Morgan fingerprint density at radius 3 is 3.00 bits per heavy atom. The molecule has 2 saturated heterocycles. The third-order valence-electron chi connectivity index (χ3n) is 3.08. The van der Waals surface area contributed by atoms with E-state index in [4.69, 9.17) is 0 Å². The maximum atomic E-state index is 2.68. The molecule has 0 aromatic carbocycles. The minimum Gasteiger partial charge on any atom is -0.300 e. The fourth-order valence-corrected chi connectivity index (χ4v) is 2.42. The molecule has 0 bridgehead atoms. The number of nitrogens with zero attached hydrogens (tertiary/aromatic N) is 1. The zero-order valence-electron chi connectivity index (χ0n) is 6.84. The van der Waals surface area contributed by atoms with E-state index in [0.717, 1.165) is 12.0 Å². The highest BCUT2D eigenvalue weighted by Crippen LogP contribution is 2.29. The SMILES string of the molecule is C[C@@H]1CCN2CCCC2C1. The summed E-state index contributed by atoms with van der Waals surface area (Å²) in [5.74, 6) is 0.999. The summed E-state index contributed by atoms with van der Waals surface area (Å²) in [4.78, 5) is 2.68. The van der Waals surface area contributed by atoms with Crippen LogP contribution in [0.4, 0.5) is 0 Å². The highest BCUT2D eigenvalue weighted by atomic mass is 15.2. The van der Waals surface area contributed by atoms with Gasteiger partial charge in [-0.25, -0.2) is 0 Å². The summed E-state index contributed by atoms with van der Waals surface area (Å²) < 4.78 is 0. The van der Waals surface area contributed by atoms with E-state index in [0.29, 0.717) is 0 Å². The first-order valence-corrected chi connectivity index (χ1v) is 4.60. The van der Waals surface area contributed by atoms with Gasteiger partial charge in [-0.15, -0.1) is 0 Å². The lowest BCUT2D eigenvalue weighted by Crippen LogP contribution is -2.37. The van der Waals surface area contributed by atoms with Gasteiger partial charge in [0.05, 0.1) is 0 Å². The van der Waals surface area contributed by atoms with Crippen LogP contribution < -0.4 is 0 Å². The fraction of sp³-hybridized carbons (Fsp3) is 1.00. The Kier molecular flexibility index (Phi) is 1.69. The van der Waals surface area contributed by atoms with Crippen LogP contribution in [0.25, 0.3) is 0 Å². The second-order valence-corrected chi connectivity index (χ2v) is 3.96. The van der Waals surface area contributed by atoms with Crippen molar-refractivity contribution in [1.29, 1.82) is 0 Å². The first kappa shape index (κ1) is 6.66. The van der Waals surface area contributed by atoms with Crippen LogP contribution >= 0.6 is 0 Å². The Hall–Kier alpha value is -0.0400. The minimum absolute atomic E-state index is 0.976. The van der Waals surface area contributed by atoms with Crippen molar-refractivity contribution in [1.82, 2.24) is 4.90 Å². The summed E-state index contributed by atoms with van der Waals surface area (Å²) in [6, 6.07) is 0.976. The highest BCUT2D eigenvalue weighted by molar-refractivity contribution is 4.84. The van der Waals surface area contributed by atoms with Crippen molar-refractivity contribution >= 4 is 0 Å². The van der Waals surface area contributed by atoms with Gasteiger partial charge in [0.15, 0.2) is 0 Å². The Morgan fingerprint density at radius 1 is 1.20 bits per heavy atom. The monoisotopic (exact) mass is 139 g/mol. The lowest BCUT2D eigenvalue weighted by atomic mass is 9.93. The number of hydrogen-bond acceptors (Lipinski definition) is 1. The van der Waals surface area contributed by atoms with Crippen molar-refractivity contribution in [3.63, 3.8) is 0 Å². The van der Waals surface area contributed by atoms with Gasteiger partial charge in [-0.3, -0.25) is 0 Å². The van der Waals surface area contributed by atoms with Crippen molar-refractivity contribution in [2.24, 2.45) is 5.92 Å². The van der Waals surface area contributed by atoms with Crippen LogP contribution in [0.15, 0.2) is 0 Å². The molecule has 0 radical (unpaired) electrons. The lowest BCUT2D eigenvalue weighted by Gasteiger charge is -2.32. The molecular weight excluding hydrogens is 122 g/mol. The van der Waals surface area contributed by atoms with E-state index in [1.165, 1.54) is 38.8 Å². The molecule has 1 unspecified atom stereocenters. The van der Waals surface area contributed by atoms with Crippen molar-refractivity contribution < 1.29 is 0 Å². The third kappa shape index (κ3) is 1.07. The molecule has 0 aromatic heterocycles. The van der Waals surface area contributed by atoms with Crippen molar-refractivity contribution in [3.8, 4) is 0 Å². The number of rotatable bonds is 0. The van der Waals surface area contributed by atoms with Crippen LogP contribution in [0.2, 0.25) is 0 Å². The van der Waals surface area contributed by atoms with Gasteiger partial charge >= 0.3 is 0 Å². The van der Waals surface area contributed by atoms with Crippen molar-refractivity contribution in [2.75, 3.05) is 13.1 Å². The predicted octanol–water partition coefficient (Wildman–Crippen LogP) is 1.88. The summed E-state index contributed by atoms with van der Waals surface area (Å²) in [7, 11) is 0. The van der Waals surface area contributed by atoms with Crippen LogP contribution in [0, 0.1) is 5.92 Å². The Labute approximate surface area is 63.4 Å². The summed E-state index contributed by atoms with van der Waals surface area (Å²) >= 11 is 0. The van der Waals surface area contributed by atoms with Crippen LogP contribution in [-0.2, 0) is 0 Å². The molecule has 1 heteroatoms. The minimum atomic E-state index is 0.976. The van der Waals surface area contributed by atoms with E-state index < -0.39 is 0 Å². The lowest BCUT2D eigenvalue weighted by molar-refractivity contribution is 0.160. The van der Waals surface area contributed by atoms with Gasteiger partial charge in [0.2, 0.25) is 0 Å². The van der Waals surface area contributed by atoms with E-state index in [1.54, 1.807) is 0 Å². The molecule has 58 valence electrons. The average molecular weight is 139 g/mol. The Bertz CT molecular complexity index is 122. The molecule has 0 saturated carbocycles. The highest BCUT2D eigenvalue weighted by Gasteiger charge is 2.29. The molecule has 2 atom stereocenters. The smallest absolute Gasteiger partial charge is 0.00982 e. The zero-order valence-corrected chi connectivity index (χ0v) is 6.84. The molecular formula is C9H17N. The molecule has 1 nitrogen and oxygen atoms in total. The van der Waals surface area contributed by atoms with Crippen LogP contribution in [0.1, 0.15) is 32.6 Å². The van der Waals surface area contributed by atoms with E-state index in [9.17, 15) is 0 Å². The predicted molar refractivity (Wildman–Crippen MR) is 43.0 cm³/mol. The molecule has 2 rings (SSSR count). The molecule has 0 aliphatic carbocycles. The largest absolute Gasteiger partial charge is 0.300 e. The van der Waals surface area contributed by atoms with E-state index in [1.807, 2.05) is 0 Å². The first-order chi connectivity index (χ1) is 4.86. The van der Waals surface area contributed by atoms with Crippen molar-refractivity contribution in [2.45, 2.75) is 38.6 Å². The van der Waals surface area contributed by atoms with Gasteiger partial charge in [0.25, 0.3) is 0 Å². The van der Waals surface area contributed by atoms with Gasteiger partial charge in [-0.05, 0) is 44.7 Å². The second-order valence-electron chi connectivity index (χ2n) is 3.96. The molecule has 10 heavy (non-hydrogen) atoms. The van der Waals surface area contributed by atoms with E-state index >= 15 is 0 Å². The van der Waals surface area contributed by atoms with Crippen LogP contribution in [0.5, 0.6) is 0 Å². The maximum absolute atomic E-state index is 2.68. The van der Waals surface area contributed by atoms with Crippen LogP contribution in [-0.4, -0.2) is 24.0 Å². The van der Waals surface area contributed by atoms with Gasteiger partial charge in [-0.1, -0.05) is 6.92 Å². The molecule has 0 N–H and O–H groups in total. The normalized spacial score (nSPS) is 41.7.